The summed E-state index contributed by atoms with van der Waals surface area (Å²) in [7, 11) is 1.69. The van der Waals surface area contributed by atoms with Gasteiger partial charge >= 0.3 is 5.97 Å². The summed E-state index contributed by atoms with van der Waals surface area (Å²) >= 11 is 4.80. The van der Waals surface area contributed by atoms with Crippen molar-refractivity contribution in [2.45, 2.75) is 13.5 Å². The van der Waals surface area contributed by atoms with Crippen LogP contribution in [0.2, 0.25) is 0 Å². The maximum absolute atomic E-state index is 12.9. The quantitative estimate of drug-likeness (QED) is 0.250. The minimum atomic E-state index is -0.376. The Balaban J connectivity index is 1.55. The predicted octanol–water partition coefficient (Wildman–Crippen LogP) is 6.44. The summed E-state index contributed by atoms with van der Waals surface area (Å²) in [5.41, 5.74) is 2.94. The fourth-order valence-electron chi connectivity index (χ4n) is 3.29. The van der Waals surface area contributed by atoms with E-state index in [1.807, 2.05) is 54.6 Å². The molecule has 1 amide bonds. The second-order valence-electron chi connectivity index (χ2n) is 7.59. The molecule has 3 aromatic rings. The van der Waals surface area contributed by atoms with Gasteiger partial charge in [0.2, 0.25) is 0 Å². The van der Waals surface area contributed by atoms with Gasteiger partial charge in [0.05, 0.1) is 22.8 Å². The van der Waals surface area contributed by atoms with Crippen LogP contribution in [-0.2, 0) is 16.1 Å². The van der Waals surface area contributed by atoms with Crippen molar-refractivity contribution in [3.63, 3.8) is 0 Å². The number of thioether (sulfide) groups is 1. The monoisotopic (exact) mass is 550 g/mol. The Morgan fingerprint density at radius 3 is 2.54 bits per heavy atom. The molecule has 0 aliphatic carbocycles. The second-order valence-corrected chi connectivity index (χ2v) is 9.52. The maximum atomic E-state index is 12.9. The van der Waals surface area contributed by atoms with Crippen molar-refractivity contribution in [1.82, 2.24) is 4.90 Å². The smallest absolute Gasteiger partial charge is 0.338 e. The standard InChI is InChI=1S/C27H23BrN2O4S/c1-3-33-26(32)19-9-12-22(13-10-19)29-27-30(2)25(31)24(35-27)16-20-15-21(28)11-14-23(20)34-17-18-7-5-4-6-8-18/h4-16H,3,17H2,1-2H3. The van der Waals surface area contributed by atoms with Crippen molar-refractivity contribution in [2.75, 3.05) is 13.7 Å². The van der Waals surface area contributed by atoms with Gasteiger partial charge in [0.15, 0.2) is 5.17 Å². The molecular formula is C27H23BrN2O4S. The molecule has 1 fully saturated rings. The number of amidine groups is 1. The maximum Gasteiger partial charge on any atom is 0.338 e. The van der Waals surface area contributed by atoms with E-state index in [2.05, 4.69) is 20.9 Å². The number of aliphatic imine (C=N–C) groups is 1. The lowest BCUT2D eigenvalue weighted by molar-refractivity contribution is -0.121. The van der Waals surface area contributed by atoms with E-state index in [1.54, 1.807) is 38.2 Å². The van der Waals surface area contributed by atoms with Crippen molar-refractivity contribution in [2.24, 2.45) is 4.99 Å². The third-order valence-corrected chi connectivity index (χ3v) is 6.66. The van der Waals surface area contributed by atoms with Crippen LogP contribution >= 0.6 is 27.7 Å². The number of hydrogen-bond acceptors (Lipinski definition) is 6. The van der Waals surface area contributed by atoms with Gasteiger partial charge in [-0.15, -0.1) is 0 Å². The summed E-state index contributed by atoms with van der Waals surface area (Å²) in [6.07, 6.45) is 1.82. The number of halogens is 1. The molecule has 6 nitrogen and oxygen atoms in total. The molecule has 0 N–H and O–H groups in total. The number of rotatable bonds is 7. The number of ether oxygens (including phenoxy) is 2. The van der Waals surface area contributed by atoms with Gasteiger partial charge in [0, 0.05) is 17.1 Å². The molecule has 0 saturated carbocycles. The SMILES string of the molecule is CCOC(=O)c1ccc(N=C2SC(=Cc3cc(Br)ccc3OCc3ccccc3)C(=O)N2C)cc1. The highest BCUT2D eigenvalue weighted by atomic mass is 79.9. The number of amides is 1. The minimum absolute atomic E-state index is 0.147. The van der Waals surface area contributed by atoms with E-state index in [9.17, 15) is 9.59 Å². The fraction of sp³-hybridized carbons (Fsp3) is 0.148. The highest BCUT2D eigenvalue weighted by Crippen LogP contribution is 2.35. The summed E-state index contributed by atoms with van der Waals surface area (Å²) in [5, 5.41) is 0.548. The molecule has 0 atom stereocenters. The Bertz CT molecular complexity index is 1290. The van der Waals surface area contributed by atoms with Gasteiger partial charge in [-0.25, -0.2) is 9.79 Å². The molecule has 1 heterocycles. The number of nitrogens with zero attached hydrogens (tertiary/aromatic N) is 2. The van der Waals surface area contributed by atoms with Crippen molar-refractivity contribution in [3.05, 3.63) is 98.9 Å². The molecule has 178 valence electrons. The number of benzene rings is 3. The van der Waals surface area contributed by atoms with E-state index in [0.717, 1.165) is 15.6 Å². The van der Waals surface area contributed by atoms with Crippen molar-refractivity contribution < 1.29 is 19.1 Å². The molecule has 8 heteroatoms. The van der Waals surface area contributed by atoms with Crippen molar-refractivity contribution in [3.8, 4) is 5.75 Å². The topological polar surface area (TPSA) is 68.2 Å². The van der Waals surface area contributed by atoms with Gasteiger partial charge in [-0.3, -0.25) is 9.69 Å². The van der Waals surface area contributed by atoms with Gasteiger partial charge < -0.3 is 9.47 Å². The number of likely N-dealkylation sites (N-methyl/N-ethyl adjacent to an activating group) is 1. The van der Waals surface area contributed by atoms with Crippen LogP contribution in [0.4, 0.5) is 5.69 Å². The van der Waals surface area contributed by atoms with Crippen molar-refractivity contribution in [1.29, 1.82) is 0 Å². The van der Waals surface area contributed by atoms with Crippen molar-refractivity contribution >= 4 is 56.5 Å². The number of esters is 1. The van der Waals surface area contributed by atoms with E-state index in [0.29, 0.717) is 40.3 Å². The number of carbonyl (C=O) groups is 2. The van der Waals surface area contributed by atoms with Crippen LogP contribution in [0.1, 0.15) is 28.4 Å². The third-order valence-electron chi connectivity index (χ3n) is 5.10. The summed E-state index contributed by atoms with van der Waals surface area (Å²) < 4.78 is 11.9. The Hall–Kier alpha value is -3.36. The van der Waals surface area contributed by atoms with Crippen LogP contribution in [0.3, 0.4) is 0 Å². The molecule has 3 aromatic carbocycles. The lowest BCUT2D eigenvalue weighted by atomic mass is 10.1. The molecule has 0 unspecified atom stereocenters. The molecular weight excluding hydrogens is 528 g/mol. The second kappa shape index (κ2) is 11.4. The zero-order valence-electron chi connectivity index (χ0n) is 19.2. The Kier molecular flexibility index (Phi) is 8.05. The van der Waals surface area contributed by atoms with E-state index < -0.39 is 0 Å². The van der Waals surface area contributed by atoms with Crippen LogP contribution in [0.15, 0.2) is 87.2 Å². The van der Waals surface area contributed by atoms with Crippen LogP contribution in [-0.4, -0.2) is 35.6 Å². The largest absolute Gasteiger partial charge is 0.488 e. The molecule has 1 aliphatic rings. The van der Waals surface area contributed by atoms with Gasteiger partial charge in [-0.2, -0.15) is 0 Å². The van der Waals surface area contributed by atoms with Crippen LogP contribution in [0.5, 0.6) is 5.75 Å². The average molecular weight is 551 g/mol. The molecule has 4 rings (SSSR count). The van der Waals surface area contributed by atoms with Gasteiger partial charge in [0.1, 0.15) is 12.4 Å². The van der Waals surface area contributed by atoms with E-state index >= 15 is 0 Å². The average Bonchev–Trinajstić information content (AvgIpc) is 3.12. The molecule has 0 radical (unpaired) electrons. The number of carbonyl (C=O) groups excluding carboxylic acids is 2. The molecule has 0 aromatic heterocycles. The Morgan fingerprint density at radius 2 is 1.83 bits per heavy atom. The highest BCUT2D eigenvalue weighted by molar-refractivity contribution is 9.10. The molecule has 1 saturated heterocycles. The lowest BCUT2D eigenvalue weighted by Gasteiger charge is -2.10. The normalized spacial score (nSPS) is 15.6. The van der Waals surface area contributed by atoms with Crippen LogP contribution in [0, 0.1) is 0 Å². The highest BCUT2D eigenvalue weighted by Gasteiger charge is 2.30. The van der Waals surface area contributed by atoms with Crippen LogP contribution < -0.4 is 4.74 Å². The summed E-state index contributed by atoms with van der Waals surface area (Å²) in [5.74, 6) is 0.158. The molecule has 35 heavy (non-hydrogen) atoms. The zero-order chi connectivity index (χ0) is 24.8. The van der Waals surface area contributed by atoms with Gasteiger partial charge in [0.25, 0.3) is 5.91 Å². The molecule has 0 bridgehead atoms. The van der Waals surface area contributed by atoms with Crippen LogP contribution in [0.25, 0.3) is 6.08 Å². The Morgan fingerprint density at radius 1 is 1.09 bits per heavy atom. The zero-order valence-corrected chi connectivity index (χ0v) is 21.6. The molecule has 1 aliphatic heterocycles. The lowest BCUT2D eigenvalue weighted by Crippen LogP contribution is -2.23. The Labute approximate surface area is 216 Å². The number of hydrogen-bond donors (Lipinski definition) is 0. The summed E-state index contributed by atoms with van der Waals surface area (Å²) in [6.45, 7) is 2.51. The first-order valence-electron chi connectivity index (χ1n) is 10.9. The first kappa shape index (κ1) is 24.8. The first-order valence-corrected chi connectivity index (χ1v) is 12.6. The minimum Gasteiger partial charge on any atom is -0.488 e. The summed E-state index contributed by atoms with van der Waals surface area (Å²) in [4.78, 5) is 31.4. The van der Waals surface area contributed by atoms with Gasteiger partial charge in [-0.1, -0.05) is 46.3 Å². The molecule has 0 spiro atoms. The van der Waals surface area contributed by atoms with Gasteiger partial charge in [-0.05, 0) is 72.8 Å². The van der Waals surface area contributed by atoms with E-state index in [1.165, 1.54) is 16.7 Å². The fourth-order valence-corrected chi connectivity index (χ4v) is 4.65. The third kappa shape index (κ3) is 6.21. The van der Waals surface area contributed by atoms with E-state index in [-0.39, 0.29) is 11.9 Å². The van der Waals surface area contributed by atoms with E-state index in [4.69, 9.17) is 9.47 Å². The summed E-state index contributed by atoms with van der Waals surface area (Å²) in [6, 6.07) is 22.4. The predicted molar refractivity (Wildman–Crippen MR) is 143 cm³/mol. The first-order chi connectivity index (χ1) is 16.9.